The Balaban J connectivity index is 1.87. The van der Waals surface area contributed by atoms with Crippen molar-refractivity contribution in [3.05, 3.63) is 0 Å². The van der Waals surface area contributed by atoms with E-state index >= 15 is 0 Å². The lowest BCUT2D eigenvalue weighted by Gasteiger charge is -2.30. The highest BCUT2D eigenvalue weighted by Crippen LogP contribution is 2.26. The minimum atomic E-state index is 1.03. The Bertz CT molecular complexity index is 123. The summed E-state index contributed by atoms with van der Waals surface area (Å²) in [5, 5.41) is 1.17. The molecule has 13 heavy (non-hydrogen) atoms. The topological polar surface area (TPSA) is 3.24 Å². The zero-order chi connectivity index (χ0) is 9.52. The number of rotatable bonds is 7. The van der Waals surface area contributed by atoms with Gasteiger partial charge in [0.1, 0.15) is 0 Å². The largest absolute Gasteiger partial charge is 0.306 e. The van der Waals surface area contributed by atoms with Gasteiger partial charge in [0.15, 0.2) is 0 Å². The average molecular weight is 248 g/mol. The Morgan fingerprint density at radius 1 is 1.23 bits per heavy atom. The predicted molar refractivity (Wildman–Crippen MR) is 62.5 cm³/mol. The van der Waals surface area contributed by atoms with Crippen molar-refractivity contribution in [1.82, 2.24) is 4.90 Å². The highest BCUT2D eigenvalue weighted by Gasteiger charge is 2.18. The van der Waals surface area contributed by atoms with Gasteiger partial charge in [-0.15, -0.1) is 0 Å². The van der Waals surface area contributed by atoms with Crippen molar-refractivity contribution >= 4 is 15.9 Å². The summed E-state index contributed by atoms with van der Waals surface area (Å²) in [6.07, 6.45) is 8.51. The minimum Gasteiger partial charge on any atom is -0.306 e. The van der Waals surface area contributed by atoms with Crippen molar-refractivity contribution in [3.63, 3.8) is 0 Å². The van der Waals surface area contributed by atoms with Gasteiger partial charge in [0.2, 0.25) is 0 Å². The summed E-state index contributed by atoms with van der Waals surface area (Å²) < 4.78 is 0. The van der Waals surface area contributed by atoms with Gasteiger partial charge in [0.25, 0.3) is 0 Å². The second kappa shape index (κ2) is 6.83. The lowest BCUT2D eigenvalue weighted by molar-refractivity contribution is 0.203. The number of hydrogen-bond acceptors (Lipinski definition) is 1. The number of unbranched alkanes of at least 4 members (excludes halogenated alkanes) is 2. The third kappa shape index (κ3) is 5.02. The van der Waals surface area contributed by atoms with Gasteiger partial charge in [-0.1, -0.05) is 28.8 Å². The van der Waals surface area contributed by atoms with E-state index in [9.17, 15) is 0 Å². The zero-order valence-electron chi connectivity index (χ0n) is 8.77. The molecule has 1 aliphatic rings. The molecule has 0 bridgehead atoms. The molecule has 1 nitrogen and oxygen atoms in total. The molecule has 0 aromatic rings. The SMILES string of the molecule is CN(CCCCCBr)CC1CCC1. The lowest BCUT2D eigenvalue weighted by Crippen LogP contribution is -2.30. The van der Waals surface area contributed by atoms with Crippen LogP contribution in [0.15, 0.2) is 0 Å². The van der Waals surface area contributed by atoms with Crippen LogP contribution in [0.1, 0.15) is 38.5 Å². The van der Waals surface area contributed by atoms with Crippen molar-refractivity contribution < 1.29 is 0 Å². The Hall–Kier alpha value is 0.440. The van der Waals surface area contributed by atoms with Gasteiger partial charge >= 0.3 is 0 Å². The molecule has 78 valence electrons. The van der Waals surface area contributed by atoms with Crippen LogP contribution in [0, 0.1) is 5.92 Å². The van der Waals surface area contributed by atoms with E-state index in [-0.39, 0.29) is 0 Å². The molecule has 0 saturated heterocycles. The molecule has 1 rings (SSSR count). The van der Waals surface area contributed by atoms with Crippen molar-refractivity contribution in [2.24, 2.45) is 5.92 Å². The molecule has 1 fully saturated rings. The standard InChI is InChI=1S/C11H22BrN/c1-13(9-4-2-3-8-12)10-11-6-5-7-11/h11H,2-10H2,1H3. The fourth-order valence-electron chi connectivity index (χ4n) is 1.86. The first-order valence-electron chi connectivity index (χ1n) is 5.57. The summed E-state index contributed by atoms with van der Waals surface area (Å²) in [7, 11) is 2.27. The summed E-state index contributed by atoms with van der Waals surface area (Å²) in [5.74, 6) is 1.03. The smallest absolute Gasteiger partial charge is 0.00313 e. The molecule has 0 unspecified atom stereocenters. The first kappa shape index (κ1) is 11.5. The van der Waals surface area contributed by atoms with Gasteiger partial charge in [-0.05, 0) is 45.2 Å². The second-order valence-electron chi connectivity index (χ2n) is 4.31. The fraction of sp³-hybridized carbons (Fsp3) is 1.00. The van der Waals surface area contributed by atoms with Gasteiger partial charge in [-0.2, -0.15) is 0 Å². The summed E-state index contributed by atoms with van der Waals surface area (Å²) in [5.41, 5.74) is 0. The highest BCUT2D eigenvalue weighted by molar-refractivity contribution is 9.09. The predicted octanol–water partition coefficient (Wildman–Crippen LogP) is 3.28. The van der Waals surface area contributed by atoms with Crippen LogP contribution in [0.4, 0.5) is 0 Å². The van der Waals surface area contributed by atoms with E-state index in [0.29, 0.717) is 0 Å². The summed E-state index contributed by atoms with van der Waals surface area (Å²) in [6.45, 7) is 2.64. The summed E-state index contributed by atoms with van der Waals surface area (Å²) >= 11 is 3.46. The zero-order valence-corrected chi connectivity index (χ0v) is 10.4. The van der Waals surface area contributed by atoms with E-state index in [1.165, 1.54) is 56.9 Å². The first-order chi connectivity index (χ1) is 6.33. The van der Waals surface area contributed by atoms with E-state index in [1.54, 1.807) is 0 Å². The van der Waals surface area contributed by atoms with E-state index in [2.05, 4.69) is 27.9 Å². The van der Waals surface area contributed by atoms with Crippen molar-refractivity contribution in [2.45, 2.75) is 38.5 Å². The van der Waals surface area contributed by atoms with Crippen molar-refractivity contribution in [3.8, 4) is 0 Å². The maximum atomic E-state index is 3.46. The van der Waals surface area contributed by atoms with Crippen LogP contribution in [-0.4, -0.2) is 30.4 Å². The fourth-order valence-corrected chi connectivity index (χ4v) is 2.26. The maximum Gasteiger partial charge on any atom is 0.00313 e. The Labute approximate surface area is 91.0 Å². The number of alkyl halides is 1. The van der Waals surface area contributed by atoms with Gasteiger partial charge < -0.3 is 4.90 Å². The molecule has 2 heteroatoms. The molecule has 0 amide bonds. The third-order valence-corrected chi connectivity index (χ3v) is 3.53. The van der Waals surface area contributed by atoms with Crippen LogP contribution < -0.4 is 0 Å². The number of halogens is 1. The molecular formula is C11H22BrN. The van der Waals surface area contributed by atoms with E-state index < -0.39 is 0 Å². The second-order valence-corrected chi connectivity index (χ2v) is 5.10. The molecule has 0 aliphatic heterocycles. The number of hydrogen-bond donors (Lipinski definition) is 0. The lowest BCUT2D eigenvalue weighted by atomic mass is 9.85. The van der Waals surface area contributed by atoms with Crippen molar-refractivity contribution in [1.29, 1.82) is 0 Å². The van der Waals surface area contributed by atoms with Crippen LogP contribution in [0.3, 0.4) is 0 Å². The molecule has 0 N–H and O–H groups in total. The third-order valence-electron chi connectivity index (χ3n) is 2.97. The molecule has 0 atom stereocenters. The van der Waals surface area contributed by atoms with Crippen LogP contribution in [0.25, 0.3) is 0 Å². The molecule has 0 heterocycles. The van der Waals surface area contributed by atoms with E-state index in [0.717, 1.165) is 5.92 Å². The molecule has 0 radical (unpaired) electrons. The van der Waals surface area contributed by atoms with Gasteiger partial charge in [0.05, 0.1) is 0 Å². The number of nitrogens with zero attached hydrogens (tertiary/aromatic N) is 1. The molecule has 1 aliphatic carbocycles. The maximum absolute atomic E-state index is 3.46. The molecule has 0 aromatic carbocycles. The molecule has 0 spiro atoms. The van der Waals surface area contributed by atoms with E-state index in [4.69, 9.17) is 0 Å². The van der Waals surface area contributed by atoms with Crippen LogP contribution in [-0.2, 0) is 0 Å². The Kier molecular flexibility index (Phi) is 6.05. The average Bonchev–Trinajstić information content (AvgIpc) is 2.06. The van der Waals surface area contributed by atoms with E-state index in [1.807, 2.05) is 0 Å². The highest BCUT2D eigenvalue weighted by atomic mass is 79.9. The Morgan fingerprint density at radius 3 is 2.54 bits per heavy atom. The van der Waals surface area contributed by atoms with Gasteiger partial charge in [-0.3, -0.25) is 0 Å². The van der Waals surface area contributed by atoms with Gasteiger partial charge in [-0.25, -0.2) is 0 Å². The molecule has 1 saturated carbocycles. The first-order valence-corrected chi connectivity index (χ1v) is 6.69. The quantitative estimate of drug-likeness (QED) is 0.493. The van der Waals surface area contributed by atoms with Gasteiger partial charge in [0, 0.05) is 11.9 Å². The van der Waals surface area contributed by atoms with Crippen LogP contribution in [0.2, 0.25) is 0 Å². The molecule has 0 aromatic heterocycles. The van der Waals surface area contributed by atoms with Crippen LogP contribution in [0.5, 0.6) is 0 Å². The molecular weight excluding hydrogens is 226 g/mol. The minimum absolute atomic E-state index is 1.03. The monoisotopic (exact) mass is 247 g/mol. The Morgan fingerprint density at radius 2 is 2.00 bits per heavy atom. The summed E-state index contributed by atoms with van der Waals surface area (Å²) in [4.78, 5) is 2.51. The van der Waals surface area contributed by atoms with Crippen LogP contribution >= 0.6 is 15.9 Å². The van der Waals surface area contributed by atoms with Crippen molar-refractivity contribution in [2.75, 3.05) is 25.5 Å². The summed E-state index contributed by atoms with van der Waals surface area (Å²) in [6, 6.07) is 0. The normalized spacial score (nSPS) is 17.8.